The number of thiazole rings is 1. The highest BCUT2D eigenvalue weighted by Gasteiger charge is 2.19. The summed E-state index contributed by atoms with van der Waals surface area (Å²) in [5.41, 5.74) is 1.14. The van der Waals surface area contributed by atoms with E-state index < -0.39 is 34.8 Å². The van der Waals surface area contributed by atoms with Crippen LogP contribution in [0, 0.1) is 17.6 Å². The minimum atomic E-state index is -1.49. The van der Waals surface area contributed by atoms with Crippen LogP contribution in [0.2, 0.25) is 0 Å². The molecule has 0 radical (unpaired) electrons. The van der Waals surface area contributed by atoms with Gasteiger partial charge in [-0.05, 0) is 24.1 Å². The van der Waals surface area contributed by atoms with Crippen molar-refractivity contribution in [2.24, 2.45) is 5.92 Å². The minimum Gasteiger partial charge on any atom is -0.496 e. The van der Waals surface area contributed by atoms with Crippen molar-refractivity contribution in [2.45, 2.75) is 20.5 Å². The number of anilines is 1. The Labute approximate surface area is 216 Å². The normalized spacial score (nSPS) is 11.5. The molecule has 3 aromatic rings. The summed E-state index contributed by atoms with van der Waals surface area (Å²) in [6.07, 6.45) is 0.706. The van der Waals surface area contributed by atoms with Gasteiger partial charge in [0.25, 0.3) is 5.91 Å². The fourth-order valence-electron chi connectivity index (χ4n) is 3.36. The Bertz CT molecular complexity index is 1300. The summed E-state index contributed by atoms with van der Waals surface area (Å²) < 4.78 is 44.9. The number of nitrogens with one attached hydrogen (secondary N) is 1. The van der Waals surface area contributed by atoms with Crippen LogP contribution >= 0.6 is 11.3 Å². The van der Waals surface area contributed by atoms with Crippen LogP contribution in [0.15, 0.2) is 41.5 Å². The van der Waals surface area contributed by atoms with Crippen molar-refractivity contribution in [1.82, 2.24) is 4.98 Å². The number of carboxylic acid groups (broad SMARTS) is 1. The molecule has 1 heterocycles. The van der Waals surface area contributed by atoms with Crippen molar-refractivity contribution in [2.75, 3.05) is 26.1 Å². The molecular formula is C26H26F2N2O6S. The molecule has 8 nitrogen and oxygen atoms in total. The molecule has 0 atom stereocenters. The molecule has 0 aliphatic heterocycles. The van der Waals surface area contributed by atoms with Crippen LogP contribution in [-0.4, -0.2) is 42.8 Å². The van der Waals surface area contributed by atoms with Crippen LogP contribution in [-0.2, 0) is 20.9 Å². The molecule has 0 fully saturated rings. The van der Waals surface area contributed by atoms with Crippen LogP contribution in [0.25, 0.3) is 17.3 Å². The van der Waals surface area contributed by atoms with Gasteiger partial charge in [-0.15, -0.1) is 11.3 Å². The molecule has 0 aliphatic rings. The Balaban J connectivity index is 1.80. The quantitative estimate of drug-likeness (QED) is 0.245. The lowest BCUT2D eigenvalue weighted by Crippen LogP contribution is -2.13. The number of nitrogens with zero attached hydrogens (tertiary/aromatic N) is 1. The summed E-state index contributed by atoms with van der Waals surface area (Å²) >= 11 is 1.13. The van der Waals surface area contributed by atoms with Gasteiger partial charge in [0, 0.05) is 40.3 Å². The van der Waals surface area contributed by atoms with E-state index in [1.54, 1.807) is 12.5 Å². The number of amides is 1. The summed E-state index contributed by atoms with van der Waals surface area (Å²) in [5, 5.41) is 13.4. The van der Waals surface area contributed by atoms with Gasteiger partial charge in [-0.1, -0.05) is 26.0 Å². The van der Waals surface area contributed by atoms with E-state index in [0.717, 1.165) is 36.1 Å². The predicted octanol–water partition coefficient (Wildman–Crippen LogP) is 5.59. The first-order chi connectivity index (χ1) is 17.6. The van der Waals surface area contributed by atoms with E-state index >= 15 is 0 Å². The molecule has 0 saturated heterocycles. The van der Waals surface area contributed by atoms with Crippen molar-refractivity contribution >= 4 is 34.4 Å². The van der Waals surface area contributed by atoms with E-state index in [1.807, 2.05) is 18.2 Å². The highest BCUT2D eigenvalue weighted by Crippen LogP contribution is 2.35. The maximum absolute atomic E-state index is 14.5. The van der Waals surface area contributed by atoms with Gasteiger partial charge in [0.2, 0.25) is 5.76 Å². The molecule has 0 aliphatic carbocycles. The summed E-state index contributed by atoms with van der Waals surface area (Å²) in [6.45, 7) is 5.09. The van der Waals surface area contributed by atoms with E-state index in [2.05, 4.69) is 28.9 Å². The number of para-hydroxylation sites is 1. The largest absolute Gasteiger partial charge is 0.496 e. The van der Waals surface area contributed by atoms with E-state index in [4.69, 9.17) is 14.6 Å². The van der Waals surface area contributed by atoms with Gasteiger partial charge in [0.05, 0.1) is 26.5 Å². The zero-order valence-corrected chi connectivity index (χ0v) is 21.4. The van der Waals surface area contributed by atoms with Crippen molar-refractivity contribution in [1.29, 1.82) is 0 Å². The molecule has 37 heavy (non-hydrogen) atoms. The predicted molar refractivity (Wildman–Crippen MR) is 136 cm³/mol. The second-order valence-electron chi connectivity index (χ2n) is 8.27. The van der Waals surface area contributed by atoms with Crippen molar-refractivity contribution in [3.05, 3.63) is 69.8 Å². The second-order valence-corrected chi connectivity index (χ2v) is 9.13. The molecule has 1 amide bonds. The monoisotopic (exact) mass is 532 g/mol. The SMILES string of the molecule is COC(=Cc1c(F)cc(C(=O)Nc2nc(-c3cccc(COCC(C)C)c3OC)cs2)cc1F)C(=O)O. The van der Waals surface area contributed by atoms with Crippen LogP contribution in [0.4, 0.5) is 13.9 Å². The third-order valence-electron chi connectivity index (χ3n) is 5.06. The van der Waals surface area contributed by atoms with Crippen LogP contribution in [0.1, 0.15) is 35.3 Å². The Hall–Kier alpha value is -3.83. The van der Waals surface area contributed by atoms with Crippen LogP contribution in [0.5, 0.6) is 5.75 Å². The lowest BCUT2D eigenvalue weighted by Gasteiger charge is -2.13. The summed E-state index contributed by atoms with van der Waals surface area (Å²) in [4.78, 5) is 28.1. The molecule has 2 N–H and O–H groups in total. The number of hydrogen-bond acceptors (Lipinski definition) is 7. The summed E-state index contributed by atoms with van der Waals surface area (Å²) in [5.74, 6) is -4.20. The number of methoxy groups -OCH3 is 2. The molecule has 11 heteroatoms. The third kappa shape index (κ3) is 6.89. The Morgan fingerprint density at radius 1 is 1.19 bits per heavy atom. The smallest absolute Gasteiger partial charge is 0.371 e. The van der Waals surface area contributed by atoms with E-state index in [1.165, 1.54) is 0 Å². The lowest BCUT2D eigenvalue weighted by atomic mass is 10.1. The zero-order chi connectivity index (χ0) is 27.1. The standard InChI is InChI=1S/C26H26F2N2O6S/c1-14(2)11-36-12-15-6-5-7-17(23(15)35-4)21-13-37-26(29-21)30-24(31)16-8-19(27)18(20(28)9-16)10-22(34-3)25(32)33/h5-10,13-14H,11-12H2,1-4H3,(H,32,33)(H,29,30,31). The fourth-order valence-corrected chi connectivity index (χ4v) is 4.07. The number of halogens is 2. The highest BCUT2D eigenvalue weighted by atomic mass is 32.1. The molecular weight excluding hydrogens is 506 g/mol. The van der Waals surface area contributed by atoms with Crippen molar-refractivity contribution in [3.8, 4) is 17.0 Å². The number of ether oxygens (including phenoxy) is 3. The average molecular weight is 533 g/mol. The lowest BCUT2D eigenvalue weighted by molar-refractivity contribution is -0.135. The molecule has 3 rings (SSSR count). The van der Waals surface area contributed by atoms with Gasteiger partial charge in [0.15, 0.2) is 5.13 Å². The Morgan fingerprint density at radius 2 is 1.89 bits per heavy atom. The first-order valence-corrected chi connectivity index (χ1v) is 12.0. The van der Waals surface area contributed by atoms with Gasteiger partial charge in [-0.25, -0.2) is 18.6 Å². The fraction of sp³-hybridized carbons (Fsp3) is 0.269. The molecule has 0 spiro atoms. The summed E-state index contributed by atoms with van der Waals surface area (Å²) in [7, 11) is 2.61. The van der Waals surface area contributed by atoms with Crippen molar-refractivity contribution < 1.29 is 37.7 Å². The number of rotatable bonds is 11. The minimum absolute atomic E-state index is 0.209. The van der Waals surface area contributed by atoms with E-state index in [0.29, 0.717) is 42.2 Å². The zero-order valence-electron chi connectivity index (χ0n) is 20.6. The average Bonchev–Trinajstić information content (AvgIpc) is 3.31. The topological polar surface area (TPSA) is 107 Å². The summed E-state index contributed by atoms with van der Waals surface area (Å²) in [6, 6.07) is 7.18. The first kappa shape index (κ1) is 27.8. The van der Waals surface area contributed by atoms with Crippen LogP contribution < -0.4 is 10.1 Å². The van der Waals surface area contributed by atoms with E-state index in [-0.39, 0.29) is 10.7 Å². The third-order valence-corrected chi connectivity index (χ3v) is 5.82. The number of carbonyl (C=O) groups is 2. The maximum atomic E-state index is 14.5. The molecule has 196 valence electrons. The number of carboxylic acids is 1. The second kappa shape index (κ2) is 12.4. The first-order valence-electron chi connectivity index (χ1n) is 11.1. The number of hydrogen-bond donors (Lipinski definition) is 2. The Kier molecular flexibility index (Phi) is 9.31. The molecule has 0 unspecified atom stereocenters. The molecule has 0 saturated carbocycles. The number of benzene rings is 2. The van der Waals surface area contributed by atoms with E-state index in [9.17, 15) is 18.4 Å². The van der Waals surface area contributed by atoms with Crippen molar-refractivity contribution in [3.63, 3.8) is 0 Å². The number of aliphatic carboxylic acids is 1. The molecule has 2 aromatic carbocycles. The number of aromatic nitrogens is 1. The van der Waals surface area contributed by atoms with Gasteiger partial charge in [0.1, 0.15) is 17.4 Å². The van der Waals surface area contributed by atoms with Gasteiger partial charge >= 0.3 is 5.97 Å². The highest BCUT2D eigenvalue weighted by molar-refractivity contribution is 7.14. The number of carbonyl (C=O) groups excluding carboxylic acids is 1. The Morgan fingerprint density at radius 3 is 2.49 bits per heavy atom. The van der Waals surface area contributed by atoms with Crippen LogP contribution in [0.3, 0.4) is 0 Å². The van der Waals surface area contributed by atoms with Gasteiger partial charge in [-0.2, -0.15) is 0 Å². The molecule has 0 bridgehead atoms. The molecule has 1 aromatic heterocycles. The van der Waals surface area contributed by atoms with Gasteiger partial charge in [-0.3, -0.25) is 10.1 Å². The van der Waals surface area contributed by atoms with Gasteiger partial charge < -0.3 is 19.3 Å². The maximum Gasteiger partial charge on any atom is 0.371 e.